The van der Waals surface area contributed by atoms with E-state index >= 15 is 0 Å². The Balaban J connectivity index is 1.75. The molecule has 1 N–H and O–H groups in total. The number of pyridine rings is 1. The van der Waals surface area contributed by atoms with Gasteiger partial charge in [-0.05, 0) is 31.2 Å². The van der Waals surface area contributed by atoms with Gasteiger partial charge in [-0.3, -0.25) is 19.3 Å². The van der Waals surface area contributed by atoms with Crippen molar-refractivity contribution in [2.45, 2.75) is 13.0 Å². The van der Waals surface area contributed by atoms with Gasteiger partial charge in [-0.15, -0.1) is 0 Å². The van der Waals surface area contributed by atoms with Crippen molar-refractivity contribution < 1.29 is 14.4 Å². The Morgan fingerprint density at radius 1 is 1.08 bits per heavy atom. The molecule has 7 heteroatoms. The number of amides is 3. The first-order valence-electron chi connectivity index (χ1n) is 7.81. The Morgan fingerprint density at radius 3 is 2.16 bits per heavy atom. The van der Waals surface area contributed by atoms with Crippen molar-refractivity contribution in [1.29, 1.82) is 0 Å². The van der Waals surface area contributed by atoms with Gasteiger partial charge in [-0.25, -0.2) is 4.98 Å². The van der Waals surface area contributed by atoms with Crippen LogP contribution in [0.15, 0.2) is 42.6 Å². The number of aromatic nitrogens is 1. The monoisotopic (exact) mass is 338 g/mol. The van der Waals surface area contributed by atoms with Gasteiger partial charge in [0.1, 0.15) is 11.9 Å². The van der Waals surface area contributed by atoms with Crippen LogP contribution < -0.4 is 10.2 Å². The van der Waals surface area contributed by atoms with Gasteiger partial charge in [0.2, 0.25) is 5.91 Å². The third-order valence-corrected chi connectivity index (χ3v) is 4.11. The van der Waals surface area contributed by atoms with Crippen LogP contribution in [0.1, 0.15) is 27.6 Å². The van der Waals surface area contributed by atoms with Crippen molar-refractivity contribution in [3.8, 4) is 0 Å². The lowest BCUT2D eigenvalue weighted by molar-refractivity contribution is -0.119. The van der Waals surface area contributed by atoms with Gasteiger partial charge in [0.15, 0.2) is 0 Å². The summed E-state index contributed by atoms with van der Waals surface area (Å²) in [4.78, 5) is 44.3. The van der Waals surface area contributed by atoms with E-state index in [2.05, 4.69) is 10.3 Å². The number of imide groups is 1. The second-order valence-electron chi connectivity index (χ2n) is 5.99. The Labute approximate surface area is 145 Å². The molecular weight excluding hydrogens is 320 g/mol. The van der Waals surface area contributed by atoms with Crippen LogP contribution in [0.3, 0.4) is 0 Å². The number of nitrogens with zero attached hydrogens (tertiary/aromatic N) is 3. The van der Waals surface area contributed by atoms with E-state index in [0.717, 1.165) is 10.6 Å². The summed E-state index contributed by atoms with van der Waals surface area (Å²) in [6.45, 7) is 1.52. The highest BCUT2D eigenvalue weighted by atomic mass is 16.2. The van der Waals surface area contributed by atoms with Crippen molar-refractivity contribution >= 4 is 29.2 Å². The average Bonchev–Trinajstić information content (AvgIpc) is 2.86. The lowest BCUT2D eigenvalue weighted by Crippen LogP contribution is -2.45. The van der Waals surface area contributed by atoms with Gasteiger partial charge in [0, 0.05) is 14.1 Å². The summed E-state index contributed by atoms with van der Waals surface area (Å²) in [5, 5.41) is 2.64. The summed E-state index contributed by atoms with van der Waals surface area (Å²) in [5.41, 5.74) is 1.53. The van der Waals surface area contributed by atoms with Crippen LogP contribution in [-0.4, -0.2) is 47.7 Å². The molecule has 1 aromatic carbocycles. The topological polar surface area (TPSA) is 82.6 Å². The molecule has 3 amide bonds. The molecule has 2 aromatic rings. The molecule has 0 saturated carbocycles. The molecule has 3 rings (SSSR count). The van der Waals surface area contributed by atoms with Crippen LogP contribution in [0.4, 0.5) is 11.5 Å². The Bertz CT molecular complexity index is 811. The van der Waals surface area contributed by atoms with Crippen LogP contribution in [0, 0.1) is 0 Å². The molecule has 0 spiro atoms. The number of nitrogens with one attached hydrogen (secondary N) is 1. The molecular formula is C18H18N4O3. The van der Waals surface area contributed by atoms with E-state index in [1.165, 1.54) is 6.92 Å². The fourth-order valence-corrected chi connectivity index (χ4v) is 2.63. The maximum Gasteiger partial charge on any atom is 0.262 e. The fraction of sp³-hybridized carbons (Fsp3) is 0.222. The smallest absolute Gasteiger partial charge is 0.262 e. The van der Waals surface area contributed by atoms with Gasteiger partial charge >= 0.3 is 0 Å². The summed E-state index contributed by atoms with van der Waals surface area (Å²) in [5.74, 6) is -1.03. The first-order chi connectivity index (χ1) is 11.9. The van der Waals surface area contributed by atoms with E-state index in [4.69, 9.17) is 0 Å². The molecule has 0 aliphatic carbocycles. The van der Waals surface area contributed by atoms with E-state index in [0.29, 0.717) is 16.9 Å². The minimum atomic E-state index is -0.942. The predicted octanol–water partition coefficient (Wildman–Crippen LogP) is 1.77. The summed E-state index contributed by atoms with van der Waals surface area (Å²) >= 11 is 0. The van der Waals surface area contributed by atoms with Crippen molar-refractivity contribution in [3.05, 3.63) is 53.7 Å². The number of rotatable bonds is 4. The zero-order valence-electron chi connectivity index (χ0n) is 14.2. The van der Waals surface area contributed by atoms with Gasteiger partial charge in [0.25, 0.3) is 11.8 Å². The molecule has 0 radical (unpaired) electrons. The maximum atomic E-state index is 12.5. The molecule has 1 aromatic heterocycles. The van der Waals surface area contributed by atoms with E-state index < -0.39 is 23.8 Å². The molecule has 0 unspecified atom stereocenters. The van der Waals surface area contributed by atoms with Crippen molar-refractivity contribution in [2.24, 2.45) is 0 Å². The average molecular weight is 338 g/mol. The maximum absolute atomic E-state index is 12.5. The molecule has 1 aliphatic heterocycles. The predicted molar refractivity (Wildman–Crippen MR) is 93.6 cm³/mol. The minimum absolute atomic E-state index is 0.320. The highest BCUT2D eigenvalue weighted by molar-refractivity contribution is 6.23. The first kappa shape index (κ1) is 16.6. The normalized spacial score (nSPS) is 14.3. The molecule has 25 heavy (non-hydrogen) atoms. The Hall–Kier alpha value is -3.22. The highest BCUT2D eigenvalue weighted by Gasteiger charge is 2.40. The summed E-state index contributed by atoms with van der Waals surface area (Å²) < 4.78 is 0. The van der Waals surface area contributed by atoms with Crippen LogP contribution in [0.25, 0.3) is 0 Å². The lowest BCUT2D eigenvalue weighted by Gasteiger charge is -2.21. The largest absolute Gasteiger partial charge is 0.376 e. The van der Waals surface area contributed by atoms with Crippen molar-refractivity contribution in [3.63, 3.8) is 0 Å². The number of fused-ring (bicyclic) bond motifs is 1. The second-order valence-corrected chi connectivity index (χ2v) is 5.99. The third kappa shape index (κ3) is 2.96. The number of carbonyl (C=O) groups is 3. The van der Waals surface area contributed by atoms with Gasteiger partial charge in [-0.2, -0.15) is 0 Å². The van der Waals surface area contributed by atoms with Crippen molar-refractivity contribution in [1.82, 2.24) is 9.88 Å². The third-order valence-electron chi connectivity index (χ3n) is 4.11. The Morgan fingerprint density at radius 2 is 1.68 bits per heavy atom. The first-order valence-corrected chi connectivity index (χ1v) is 7.81. The van der Waals surface area contributed by atoms with E-state index in [9.17, 15) is 14.4 Å². The zero-order valence-corrected chi connectivity index (χ0v) is 14.2. The van der Waals surface area contributed by atoms with E-state index in [1.54, 1.807) is 36.5 Å². The highest BCUT2D eigenvalue weighted by Crippen LogP contribution is 2.24. The van der Waals surface area contributed by atoms with Gasteiger partial charge in [-0.1, -0.05) is 12.1 Å². The van der Waals surface area contributed by atoms with Crippen LogP contribution in [0.5, 0.6) is 0 Å². The van der Waals surface area contributed by atoms with Gasteiger partial charge in [0.05, 0.1) is 23.0 Å². The lowest BCUT2D eigenvalue weighted by atomic mass is 10.1. The molecule has 7 nitrogen and oxygen atoms in total. The van der Waals surface area contributed by atoms with Crippen LogP contribution in [0.2, 0.25) is 0 Å². The zero-order chi connectivity index (χ0) is 18.1. The molecule has 1 aliphatic rings. The SMILES string of the molecule is C[C@@H](C(=O)Nc1ccc(N(C)C)cn1)N1C(=O)c2ccccc2C1=O. The number of hydrogen-bond acceptors (Lipinski definition) is 5. The number of benzene rings is 1. The molecule has 2 heterocycles. The standard InChI is InChI=1S/C18H18N4O3/c1-11(16(23)20-15-9-8-12(10-19-15)21(2)3)22-17(24)13-6-4-5-7-14(13)18(22)25/h4-11H,1-3H3,(H,19,20,23)/t11-/m0/s1. The second kappa shape index (κ2) is 6.35. The fourth-order valence-electron chi connectivity index (χ4n) is 2.63. The molecule has 0 fully saturated rings. The summed E-state index contributed by atoms with van der Waals surface area (Å²) in [7, 11) is 3.78. The molecule has 0 saturated heterocycles. The van der Waals surface area contributed by atoms with Crippen molar-refractivity contribution in [2.75, 3.05) is 24.3 Å². The quantitative estimate of drug-likeness (QED) is 0.859. The van der Waals surface area contributed by atoms with E-state index in [-0.39, 0.29) is 0 Å². The summed E-state index contributed by atoms with van der Waals surface area (Å²) in [6, 6.07) is 9.09. The minimum Gasteiger partial charge on any atom is -0.376 e. The number of anilines is 2. The van der Waals surface area contributed by atoms with Crippen LogP contribution in [-0.2, 0) is 4.79 Å². The number of hydrogen-bond donors (Lipinski definition) is 1. The van der Waals surface area contributed by atoms with E-state index in [1.807, 2.05) is 25.1 Å². The number of carbonyl (C=O) groups excluding carboxylic acids is 3. The Kier molecular flexibility index (Phi) is 4.22. The molecule has 1 atom stereocenters. The summed E-state index contributed by atoms with van der Waals surface area (Å²) in [6.07, 6.45) is 1.63. The molecule has 128 valence electrons. The van der Waals surface area contributed by atoms with Gasteiger partial charge < -0.3 is 10.2 Å². The van der Waals surface area contributed by atoms with Crippen LogP contribution >= 0.6 is 0 Å². The molecule has 0 bridgehead atoms.